The first-order valence-corrected chi connectivity index (χ1v) is 9.96. The number of hydrogen-bond acceptors (Lipinski definition) is 4. The van der Waals surface area contributed by atoms with Gasteiger partial charge in [-0.2, -0.15) is 0 Å². The van der Waals surface area contributed by atoms with Gasteiger partial charge in [0.25, 0.3) is 0 Å². The first-order valence-electron chi connectivity index (χ1n) is 9.96. The molecule has 2 aliphatic rings. The van der Waals surface area contributed by atoms with E-state index in [-0.39, 0.29) is 23.8 Å². The van der Waals surface area contributed by atoms with Gasteiger partial charge < -0.3 is 19.4 Å². The Bertz CT molecular complexity index is 678. The Labute approximate surface area is 162 Å². The van der Waals surface area contributed by atoms with Crippen LogP contribution in [0.4, 0.5) is 0 Å². The second kappa shape index (κ2) is 8.74. The quantitative estimate of drug-likeness (QED) is 0.812. The minimum Gasteiger partial charge on any atom is -0.496 e. The monoisotopic (exact) mass is 373 g/mol. The summed E-state index contributed by atoms with van der Waals surface area (Å²) < 4.78 is 5.56. The van der Waals surface area contributed by atoms with Gasteiger partial charge in [0.2, 0.25) is 11.8 Å². The Morgan fingerprint density at radius 2 is 1.96 bits per heavy atom. The molecule has 27 heavy (non-hydrogen) atoms. The van der Waals surface area contributed by atoms with E-state index in [2.05, 4.69) is 11.9 Å². The van der Waals surface area contributed by atoms with E-state index in [0.29, 0.717) is 19.4 Å². The van der Waals surface area contributed by atoms with Gasteiger partial charge in [-0.05, 0) is 39.4 Å². The molecule has 6 heteroatoms. The van der Waals surface area contributed by atoms with E-state index in [1.165, 1.54) is 0 Å². The summed E-state index contributed by atoms with van der Waals surface area (Å²) in [7, 11) is 3.74. The molecule has 1 aromatic rings. The summed E-state index contributed by atoms with van der Waals surface area (Å²) >= 11 is 0. The Hall–Kier alpha value is -2.08. The maximum absolute atomic E-state index is 13.5. The van der Waals surface area contributed by atoms with Gasteiger partial charge in [-0.25, -0.2) is 0 Å². The molecule has 2 heterocycles. The highest BCUT2D eigenvalue weighted by Gasteiger charge is 2.42. The number of para-hydroxylation sites is 1. The summed E-state index contributed by atoms with van der Waals surface area (Å²) in [5.74, 6) is 0.812. The van der Waals surface area contributed by atoms with Crippen LogP contribution in [0.25, 0.3) is 0 Å². The molecule has 0 bridgehead atoms. The van der Waals surface area contributed by atoms with Crippen molar-refractivity contribution in [2.45, 2.75) is 32.2 Å². The van der Waals surface area contributed by atoms with Crippen LogP contribution in [0.1, 0.15) is 37.8 Å². The number of carbonyl (C=O) groups is 2. The smallest absolute Gasteiger partial charge is 0.228 e. The molecule has 2 saturated heterocycles. The van der Waals surface area contributed by atoms with Crippen LogP contribution in [0.15, 0.2) is 24.3 Å². The normalized spacial score (nSPS) is 24.6. The number of likely N-dealkylation sites (N-methyl/N-ethyl adjacent to an activating group) is 1. The van der Waals surface area contributed by atoms with Crippen molar-refractivity contribution < 1.29 is 14.3 Å². The number of piperidine rings is 1. The van der Waals surface area contributed by atoms with Gasteiger partial charge in [0.1, 0.15) is 5.75 Å². The molecule has 0 saturated carbocycles. The Morgan fingerprint density at radius 1 is 1.19 bits per heavy atom. The van der Waals surface area contributed by atoms with Crippen molar-refractivity contribution in [1.29, 1.82) is 0 Å². The fraction of sp³-hybridized carbons (Fsp3) is 0.619. The minimum absolute atomic E-state index is 0.119. The summed E-state index contributed by atoms with van der Waals surface area (Å²) in [6, 6.07) is 7.50. The zero-order chi connectivity index (χ0) is 19.4. The fourth-order valence-corrected chi connectivity index (χ4v) is 4.38. The molecule has 0 unspecified atom stereocenters. The van der Waals surface area contributed by atoms with E-state index in [9.17, 15) is 9.59 Å². The largest absolute Gasteiger partial charge is 0.496 e. The third-order valence-electron chi connectivity index (χ3n) is 5.85. The molecule has 3 rings (SSSR count). The predicted molar refractivity (Wildman–Crippen MR) is 105 cm³/mol. The summed E-state index contributed by atoms with van der Waals surface area (Å²) in [4.78, 5) is 32.2. The van der Waals surface area contributed by atoms with Crippen LogP contribution >= 0.6 is 0 Å². The molecular formula is C21H31N3O3. The van der Waals surface area contributed by atoms with Gasteiger partial charge in [0.15, 0.2) is 0 Å². The lowest BCUT2D eigenvalue weighted by atomic mass is 9.82. The Morgan fingerprint density at radius 3 is 2.70 bits per heavy atom. The van der Waals surface area contributed by atoms with Gasteiger partial charge in [-0.15, -0.1) is 0 Å². The standard InChI is InChI=1S/C21H31N3O3/c1-4-24-19(25)11-10-17(20(24)16-8-5-6-9-18(16)27-3)21(26)23-13-7-12-22(2)14-15-23/h5-6,8-9,17,20H,4,7,10-15H2,1-3H3/t17-,20+/m1/s1. The van der Waals surface area contributed by atoms with Crippen LogP contribution in [-0.2, 0) is 9.59 Å². The second-order valence-electron chi connectivity index (χ2n) is 7.49. The molecular weight excluding hydrogens is 342 g/mol. The second-order valence-corrected chi connectivity index (χ2v) is 7.49. The highest BCUT2D eigenvalue weighted by atomic mass is 16.5. The number of nitrogens with zero attached hydrogens (tertiary/aromatic N) is 3. The molecule has 0 aliphatic carbocycles. The van der Waals surface area contributed by atoms with Crippen molar-refractivity contribution in [1.82, 2.24) is 14.7 Å². The first kappa shape index (κ1) is 19.7. The lowest BCUT2D eigenvalue weighted by molar-refractivity contribution is -0.147. The molecule has 0 spiro atoms. The molecule has 148 valence electrons. The number of benzene rings is 1. The van der Waals surface area contributed by atoms with Crippen LogP contribution in [0.3, 0.4) is 0 Å². The summed E-state index contributed by atoms with van der Waals surface area (Å²) in [5, 5.41) is 0. The first-order chi connectivity index (χ1) is 13.1. The van der Waals surface area contributed by atoms with Crippen LogP contribution in [0, 0.1) is 5.92 Å². The number of ether oxygens (including phenoxy) is 1. The maximum Gasteiger partial charge on any atom is 0.228 e. The number of methoxy groups -OCH3 is 1. The summed E-state index contributed by atoms with van der Waals surface area (Å²) in [6.45, 7) is 6.03. The molecule has 1 aromatic carbocycles. The number of rotatable bonds is 4. The van der Waals surface area contributed by atoms with Crippen LogP contribution in [0.5, 0.6) is 5.75 Å². The van der Waals surface area contributed by atoms with Crippen molar-refractivity contribution in [3.63, 3.8) is 0 Å². The third kappa shape index (κ3) is 4.10. The molecule has 2 fully saturated rings. The summed E-state index contributed by atoms with van der Waals surface area (Å²) in [5.41, 5.74) is 0.931. The molecule has 2 aliphatic heterocycles. The molecule has 2 atom stereocenters. The van der Waals surface area contributed by atoms with Gasteiger partial charge in [0, 0.05) is 38.2 Å². The number of hydrogen-bond donors (Lipinski definition) is 0. The van der Waals surface area contributed by atoms with E-state index >= 15 is 0 Å². The summed E-state index contributed by atoms with van der Waals surface area (Å²) in [6.07, 6.45) is 2.03. The molecule has 0 N–H and O–H groups in total. The van der Waals surface area contributed by atoms with E-state index in [1.807, 2.05) is 41.0 Å². The van der Waals surface area contributed by atoms with Crippen LogP contribution in [0.2, 0.25) is 0 Å². The molecule has 0 aromatic heterocycles. The lowest BCUT2D eigenvalue weighted by Gasteiger charge is -2.42. The average molecular weight is 373 g/mol. The van der Waals surface area contributed by atoms with Crippen LogP contribution in [-0.4, -0.2) is 73.4 Å². The molecule has 6 nitrogen and oxygen atoms in total. The number of carbonyl (C=O) groups excluding carboxylic acids is 2. The molecule has 2 amide bonds. The number of amides is 2. The van der Waals surface area contributed by atoms with E-state index < -0.39 is 0 Å². The van der Waals surface area contributed by atoms with Crippen LogP contribution < -0.4 is 4.74 Å². The SMILES string of the molecule is CCN1C(=O)CC[C@@H](C(=O)N2CCCN(C)CC2)[C@@H]1c1ccccc1OC. The Kier molecular flexibility index (Phi) is 6.37. The van der Waals surface area contributed by atoms with Gasteiger partial charge in [-0.3, -0.25) is 9.59 Å². The van der Waals surface area contributed by atoms with E-state index in [4.69, 9.17) is 4.74 Å². The number of likely N-dealkylation sites (tertiary alicyclic amines) is 1. The van der Waals surface area contributed by atoms with Crippen molar-refractivity contribution in [2.24, 2.45) is 5.92 Å². The Balaban J connectivity index is 1.93. The van der Waals surface area contributed by atoms with E-state index in [1.54, 1.807) is 7.11 Å². The van der Waals surface area contributed by atoms with Gasteiger partial charge in [0.05, 0.1) is 19.1 Å². The average Bonchev–Trinajstić information content (AvgIpc) is 2.91. The van der Waals surface area contributed by atoms with Crippen molar-refractivity contribution in [3.8, 4) is 5.75 Å². The van der Waals surface area contributed by atoms with E-state index in [0.717, 1.165) is 43.9 Å². The third-order valence-corrected chi connectivity index (χ3v) is 5.85. The zero-order valence-electron chi connectivity index (χ0n) is 16.7. The topological polar surface area (TPSA) is 53.1 Å². The minimum atomic E-state index is -0.263. The van der Waals surface area contributed by atoms with Gasteiger partial charge in [-0.1, -0.05) is 18.2 Å². The maximum atomic E-state index is 13.5. The van der Waals surface area contributed by atoms with Gasteiger partial charge >= 0.3 is 0 Å². The predicted octanol–water partition coefficient (Wildman–Crippen LogP) is 2.16. The highest BCUT2D eigenvalue weighted by molar-refractivity contribution is 5.85. The fourth-order valence-electron chi connectivity index (χ4n) is 4.38. The molecule has 0 radical (unpaired) electrons. The zero-order valence-corrected chi connectivity index (χ0v) is 16.7. The van der Waals surface area contributed by atoms with Crippen molar-refractivity contribution >= 4 is 11.8 Å². The lowest BCUT2D eigenvalue weighted by Crippen LogP contribution is -2.49. The van der Waals surface area contributed by atoms with Crippen molar-refractivity contribution in [3.05, 3.63) is 29.8 Å². The van der Waals surface area contributed by atoms with Crippen molar-refractivity contribution in [2.75, 3.05) is 46.9 Å². The highest BCUT2D eigenvalue weighted by Crippen LogP contribution is 2.41.